The minimum absolute atomic E-state index is 0.207. The first-order chi connectivity index (χ1) is 9.44. The van der Waals surface area contributed by atoms with E-state index < -0.39 is 5.60 Å². The van der Waals surface area contributed by atoms with E-state index >= 15 is 0 Å². The normalized spacial score (nSPS) is 16.1. The average molecular weight is 278 g/mol. The van der Waals surface area contributed by atoms with Gasteiger partial charge in [-0.3, -0.25) is 4.79 Å². The maximum Gasteiger partial charge on any atom is 0.310 e. The fourth-order valence-electron chi connectivity index (χ4n) is 2.01. The number of aromatic nitrogens is 2. The number of carbonyl (C=O) groups excluding carboxylic acids is 1. The molecule has 20 heavy (non-hydrogen) atoms. The second-order valence-electron chi connectivity index (χ2n) is 5.89. The van der Waals surface area contributed by atoms with Gasteiger partial charge in [-0.05, 0) is 20.8 Å². The van der Waals surface area contributed by atoms with Crippen molar-refractivity contribution in [2.75, 3.05) is 31.1 Å². The summed E-state index contributed by atoms with van der Waals surface area (Å²) in [5.74, 6) is 0.468. The van der Waals surface area contributed by atoms with E-state index in [9.17, 15) is 4.79 Å². The van der Waals surface area contributed by atoms with Crippen molar-refractivity contribution in [3.05, 3.63) is 18.0 Å². The van der Waals surface area contributed by atoms with Crippen LogP contribution in [0, 0.1) is 0 Å². The standard InChI is InChI=1S/C14H22N4O2/c1-14(2,3)20-12(19)8-11-9-16-13(17-10-11)18-6-4-15-5-7-18/h9-10,15H,4-8H2,1-3H3. The molecular weight excluding hydrogens is 256 g/mol. The Hall–Kier alpha value is -1.69. The molecular formula is C14H22N4O2. The summed E-state index contributed by atoms with van der Waals surface area (Å²) in [5.41, 5.74) is 0.316. The summed E-state index contributed by atoms with van der Waals surface area (Å²) >= 11 is 0. The van der Waals surface area contributed by atoms with Crippen LogP contribution >= 0.6 is 0 Å². The Labute approximate surface area is 119 Å². The van der Waals surface area contributed by atoms with E-state index in [1.165, 1.54) is 0 Å². The number of nitrogens with one attached hydrogen (secondary N) is 1. The molecule has 6 heteroatoms. The highest BCUT2D eigenvalue weighted by Gasteiger charge is 2.17. The zero-order valence-corrected chi connectivity index (χ0v) is 12.3. The van der Waals surface area contributed by atoms with Gasteiger partial charge in [0.2, 0.25) is 5.95 Å². The second-order valence-corrected chi connectivity index (χ2v) is 5.89. The molecule has 110 valence electrons. The zero-order chi connectivity index (χ0) is 14.6. The first kappa shape index (κ1) is 14.7. The topological polar surface area (TPSA) is 67.3 Å². The van der Waals surface area contributed by atoms with Crippen molar-refractivity contribution in [3.8, 4) is 0 Å². The van der Waals surface area contributed by atoms with E-state index in [-0.39, 0.29) is 12.4 Å². The Morgan fingerprint density at radius 3 is 2.45 bits per heavy atom. The van der Waals surface area contributed by atoms with Crippen molar-refractivity contribution < 1.29 is 9.53 Å². The van der Waals surface area contributed by atoms with Crippen molar-refractivity contribution >= 4 is 11.9 Å². The molecule has 1 fully saturated rings. The van der Waals surface area contributed by atoms with Gasteiger partial charge in [-0.1, -0.05) is 0 Å². The lowest BCUT2D eigenvalue weighted by Gasteiger charge is -2.27. The molecule has 2 rings (SSSR count). The number of hydrogen-bond donors (Lipinski definition) is 1. The molecule has 1 aliphatic rings. The maximum atomic E-state index is 11.7. The first-order valence-corrected chi connectivity index (χ1v) is 6.92. The quantitative estimate of drug-likeness (QED) is 0.824. The predicted molar refractivity (Wildman–Crippen MR) is 76.7 cm³/mol. The molecule has 1 aromatic heterocycles. The Morgan fingerprint density at radius 2 is 1.90 bits per heavy atom. The van der Waals surface area contributed by atoms with E-state index in [1.807, 2.05) is 20.8 Å². The molecule has 1 aromatic rings. The number of nitrogens with zero attached hydrogens (tertiary/aromatic N) is 3. The van der Waals surface area contributed by atoms with Crippen LogP contribution in [0.2, 0.25) is 0 Å². The maximum absolute atomic E-state index is 11.7. The molecule has 0 unspecified atom stereocenters. The fourth-order valence-corrected chi connectivity index (χ4v) is 2.01. The minimum Gasteiger partial charge on any atom is -0.460 e. The number of esters is 1. The van der Waals surface area contributed by atoms with Gasteiger partial charge in [0, 0.05) is 44.1 Å². The van der Waals surface area contributed by atoms with Crippen molar-refractivity contribution in [1.29, 1.82) is 0 Å². The van der Waals surface area contributed by atoms with Crippen LogP contribution in [-0.4, -0.2) is 47.7 Å². The molecule has 0 aromatic carbocycles. The van der Waals surface area contributed by atoms with E-state index in [0.717, 1.165) is 37.7 Å². The molecule has 6 nitrogen and oxygen atoms in total. The highest BCUT2D eigenvalue weighted by Crippen LogP contribution is 2.11. The number of carbonyl (C=O) groups is 1. The summed E-state index contributed by atoms with van der Waals surface area (Å²) in [6.45, 7) is 9.28. The van der Waals surface area contributed by atoms with Gasteiger partial charge < -0.3 is 15.0 Å². The summed E-state index contributed by atoms with van der Waals surface area (Å²) in [6.07, 6.45) is 3.61. The van der Waals surface area contributed by atoms with Gasteiger partial charge in [0.25, 0.3) is 0 Å². The third-order valence-electron chi connectivity index (χ3n) is 2.86. The smallest absolute Gasteiger partial charge is 0.310 e. The van der Waals surface area contributed by atoms with Crippen LogP contribution in [0.3, 0.4) is 0 Å². The van der Waals surface area contributed by atoms with Crippen LogP contribution in [0.1, 0.15) is 26.3 Å². The van der Waals surface area contributed by atoms with E-state index in [1.54, 1.807) is 12.4 Å². The molecule has 1 aliphatic heterocycles. The first-order valence-electron chi connectivity index (χ1n) is 6.92. The molecule has 0 spiro atoms. The van der Waals surface area contributed by atoms with Crippen molar-refractivity contribution in [3.63, 3.8) is 0 Å². The van der Waals surface area contributed by atoms with Gasteiger partial charge in [0.15, 0.2) is 0 Å². The van der Waals surface area contributed by atoms with Gasteiger partial charge >= 0.3 is 5.97 Å². The van der Waals surface area contributed by atoms with Crippen molar-refractivity contribution in [1.82, 2.24) is 15.3 Å². The molecule has 0 amide bonds. The molecule has 0 bridgehead atoms. The fraction of sp³-hybridized carbons (Fsp3) is 0.643. The largest absolute Gasteiger partial charge is 0.460 e. The van der Waals surface area contributed by atoms with Crippen LogP contribution < -0.4 is 10.2 Å². The van der Waals surface area contributed by atoms with E-state index in [2.05, 4.69) is 20.2 Å². The lowest BCUT2D eigenvalue weighted by atomic mass is 10.2. The van der Waals surface area contributed by atoms with Gasteiger partial charge in [-0.2, -0.15) is 0 Å². The summed E-state index contributed by atoms with van der Waals surface area (Å²) in [5, 5.41) is 3.29. The molecule has 0 saturated carbocycles. The number of rotatable bonds is 3. The monoisotopic (exact) mass is 278 g/mol. The average Bonchev–Trinajstić information content (AvgIpc) is 2.38. The zero-order valence-electron chi connectivity index (χ0n) is 12.3. The Kier molecular flexibility index (Phi) is 4.54. The van der Waals surface area contributed by atoms with Gasteiger partial charge in [-0.15, -0.1) is 0 Å². The van der Waals surface area contributed by atoms with Crippen molar-refractivity contribution in [2.24, 2.45) is 0 Å². The van der Waals surface area contributed by atoms with Gasteiger partial charge in [-0.25, -0.2) is 9.97 Å². The molecule has 0 atom stereocenters. The summed E-state index contributed by atoms with van der Waals surface area (Å²) in [4.78, 5) is 22.5. The Balaban J connectivity index is 1.92. The number of hydrogen-bond acceptors (Lipinski definition) is 6. The van der Waals surface area contributed by atoms with E-state index in [4.69, 9.17) is 4.74 Å². The lowest BCUT2D eigenvalue weighted by Crippen LogP contribution is -2.44. The van der Waals surface area contributed by atoms with Crippen LogP contribution in [0.4, 0.5) is 5.95 Å². The Morgan fingerprint density at radius 1 is 1.30 bits per heavy atom. The summed E-state index contributed by atoms with van der Waals surface area (Å²) < 4.78 is 5.28. The second kappa shape index (κ2) is 6.17. The molecule has 0 aliphatic carbocycles. The number of ether oxygens (including phenoxy) is 1. The van der Waals surface area contributed by atoms with Crippen LogP contribution in [0.5, 0.6) is 0 Å². The van der Waals surface area contributed by atoms with Crippen LogP contribution in [0.25, 0.3) is 0 Å². The van der Waals surface area contributed by atoms with Gasteiger partial charge in [0.1, 0.15) is 5.60 Å². The third kappa shape index (κ3) is 4.45. The third-order valence-corrected chi connectivity index (χ3v) is 2.86. The Bertz CT molecular complexity index is 447. The van der Waals surface area contributed by atoms with Crippen LogP contribution in [-0.2, 0) is 16.0 Å². The lowest BCUT2D eigenvalue weighted by molar-refractivity contribution is -0.153. The highest BCUT2D eigenvalue weighted by molar-refractivity contribution is 5.72. The molecule has 2 heterocycles. The molecule has 1 saturated heterocycles. The highest BCUT2D eigenvalue weighted by atomic mass is 16.6. The number of piperazine rings is 1. The summed E-state index contributed by atoms with van der Waals surface area (Å²) in [7, 11) is 0. The molecule has 1 N–H and O–H groups in total. The number of anilines is 1. The predicted octanol–water partition coefficient (Wildman–Crippen LogP) is 0.770. The van der Waals surface area contributed by atoms with E-state index in [0.29, 0.717) is 0 Å². The van der Waals surface area contributed by atoms with Crippen LogP contribution in [0.15, 0.2) is 12.4 Å². The molecule has 0 radical (unpaired) electrons. The summed E-state index contributed by atoms with van der Waals surface area (Å²) in [6, 6.07) is 0. The minimum atomic E-state index is -0.460. The SMILES string of the molecule is CC(C)(C)OC(=O)Cc1cnc(N2CCNCC2)nc1. The van der Waals surface area contributed by atoms with Crippen molar-refractivity contribution in [2.45, 2.75) is 32.8 Å². The van der Waals surface area contributed by atoms with Gasteiger partial charge in [0.05, 0.1) is 6.42 Å².